The summed E-state index contributed by atoms with van der Waals surface area (Å²) in [5.41, 5.74) is -0.167. The number of rotatable bonds is 11. The molecule has 6 nitrogen and oxygen atoms in total. The molecule has 28 heavy (non-hydrogen) atoms. The second kappa shape index (κ2) is 11.1. The maximum atomic E-state index is 13.0. The van der Waals surface area contributed by atoms with Crippen LogP contribution in [0.25, 0.3) is 0 Å². The van der Waals surface area contributed by atoms with Crippen LogP contribution in [0.1, 0.15) is 71.2 Å². The third-order valence-corrected chi connectivity index (χ3v) is 4.45. The van der Waals surface area contributed by atoms with Crippen molar-refractivity contribution >= 4 is 17.6 Å². The van der Waals surface area contributed by atoms with Crippen LogP contribution < -0.4 is 10.1 Å². The van der Waals surface area contributed by atoms with Gasteiger partial charge in [-0.25, -0.2) is 4.79 Å². The lowest BCUT2D eigenvalue weighted by Gasteiger charge is -2.30. The van der Waals surface area contributed by atoms with Gasteiger partial charge in [0.2, 0.25) is 0 Å². The molecule has 0 aliphatic heterocycles. The molecule has 1 rings (SSSR count). The van der Waals surface area contributed by atoms with E-state index in [1.165, 1.54) is 7.11 Å². The first-order valence-corrected chi connectivity index (χ1v) is 10.0. The SMILES string of the molecule is CCCO[C@@](C)(CC(C)C)C(=O)Nc1ccc(O[C@H](C)CC)c(C(=O)OC)c1. The minimum Gasteiger partial charge on any atom is -0.490 e. The number of hydrogen-bond donors (Lipinski definition) is 1. The van der Waals surface area contributed by atoms with Gasteiger partial charge in [-0.1, -0.05) is 27.7 Å². The highest BCUT2D eigenvalue weighted by atomic mass is 16.5. The average molecular weight is 394 g/mol. The van der Waals surface area contributed by atoms with Gasteiger partial charge in [0.25, 0.3) is 5.91 Å². The van der Waals surface area contributed by atoms with Crippen molar-refractivity contribution in [1.29, 1.82) is 0 Å². The summed E-state index contributed by atoms with van der Waals surface area (Å²) in [7, 11) is 1.32. The summed E-state index contributed by atoms with van der Waals surface area (Å²) in [5, 5.41) is 2.88. The minimum atomic E-state index is -0.943. The molecule has 0 aliphatic rings. The van der Waals surface area contributed by atoms with Crippen molar-refractivity contribution in [3.8, 4) is 5.75 Å². The Morgan fingerprint density at radius 2 is 1.86 bits per heavy atom. The number of ether oxygens (including phenoxy) is 3. The molecule has 0 aromatic heterocycles. The first kappa shape index (κ1) is 24.0. The molecule has 1 amide bonds. The monoisotopic (exact) mass is 393 g/mol. The first-order valence-electron chi connectivity index (χ1n) is 10.0. The molecular weight excluding hydrogens is 358 g/mol. The molecule has 0 heterocycles. The van der Waals surface area contributed by atoms with Crippen LogP contribution in [0.4, 0.5) is 5.69 Å². The molecule has 158 valence electrons. The number of amides is 1. The molecule has 0 radical (unpaired) electrons. The van der Waals surface area contributed by atoms with Gasteiger partial charge in [-0.15, -0.1) is 0 Å². The standard InChI is InChI=1S/C22H35NO5/c1-8-12-27-22(6,14-15(3)4)21(25)23-17-10-11-19(28-16(5)9-2)18(13-17)20(24)26-7/h10-11,13,15-16H,8-9,12,14H2,1-7H3,(H,23,25)/t16-,22+/m1/s1. The molecule has 0 saturated carbocycles. The van der Waals surface area contributed by atoms with Gasteiger partial charge < -0.3 is 19.5 Å². The zero-order valence-electron chi connectivity index (χ0n) is 18.3. The fourth-order valence-corrected chi connectivity index (χ4v) is 2.87. The molecule has 2 atom stereocenters. The van der Waals surface area contributed by atoms with Gasteiger partial charge in [-0.05, 0) is 57.2 Å². The number of esters is 1. The molecule has 0 saturated heterocycles. The van der Waals surface area contributed by atoms with Gasteiger partial charge in [0.1, 0.15) is 16.9 Å². The van der Waals surface area contributed by atoms with Gasteiger partial charge in [0.05, 0.1) is 13.2 Å². The average Bonchev–Trinajstić information content (AvgIpc) is 2.66. The van der Waals surface area contributed by atoms with Gasteiger partial charge in [0.15, 0.2) is 0 Å². The number of benzene rings is 1. The smallest absolute Gasteiger partial charge is 0.341 e. The maximum absolute atomic E-state index is 13.0. The Labute approximate surface area is 168 Å². The topological polar surface area (TPSA) is 73.9 Å². The van der Waals surface area contributed by atoms with Crippen molar-refractivity contribution in [2.24, 2.45) is 5.92 Å². The maximum Gasteiger partial charge on any atom is 0.341 e. The lowest BCUT2D eigenvalue weighted by molar-refractivity contribution is -0.141. The van der Waals surface area contributed by atoms with Gasteiger partial charge >= 0.3 is 5.97 Å². The van der Waals surface area contributed by atoms with Crippen LogP contribution in [0.15, 0.2) is 18.2 Å². The second-order valence-electron chi connectivity index (χ2n) is 7.67. The molecule has 0 bridgehead atoms. The molecule has 1 N–H and O–H groups in total. The zero-order valence-corrected chi connectivity index (χ0v) is 18.3. The summed E-state index contributed by atoms with van der Waals surface area (Å²) in [5.74, 6) is -0.0152. The van der Waals surface area contributed by atoms with E-state index in [1.54, 1.807) is 25.1 Å². The van der Waals surface area contributed by atoms with Crippen LogP contribution >= 0.6 is 0 Å². The van der Waals surface area contributed by atoms with Crippen LogP contribution in [-0.4, -0.2) is 37.3 Å². The summed E-state index contributed by atoms with van der Waals surface area (Å²) >= 11 is 0. The quantitative estimate of drug-likeness (QED) is 0.546. The van der Waals surface area contributed by atoms with E-state index in [4.69, 9.17) is 14.2 Å². The molecule has 0 fully saturated rings. The lowest BCUT2D eigenvalue weighted by Crippen LogP contribution is -2.44. The summed E-state index contributed by atoms with van der Waals surface area (Å²) in [4.78, 5) is 25.1. The van der Waals surface area contributed by atoms with Crippen LogP contribution in [0.3, 0.4) is 0 Å². The van der Waals surface area contributed by atoms with Crippen molar-refractivity contribution in [3.63, 3.8) is 0 Å². The zero-order chi connectivity index (χ0) is 21.3. The number of carbonyl (C=O) groups excluding carboxylic acids is 2. The molecule has 0 aliphatic carbocycles. The Bertz CT molecular complexity index is 658. The predicted octanol–water partition coefficient (Wildman–Crippen LogP) is 4.82. The van der Waals surface area contributed by atoms with E-state index in [0.717, 1.165) is 12.8 Å². The Hall–Kier alpha value is -2.08. The Balaban J connectivity index is 3.11. The number of anilines is 1. The second-order valence-corrected chi connectivity index (χ2v) is 7.67. The van der Waals surface area contributed by atoms with E-state index in [1.807, 2.05) is 20.8 Å². The van der Waals surface area contributed by atoms with E-state index in [9.17, 15) is 9.59 Å². The predicted molar refractivity (Wildman–Crippen MR) is 111 cm³/mol. The Morgan fingerprint density at radius 3 is 2.39 bits per heavy atom. The normalized spacial score (nSPS) is 14.3. The molecular formula is C22H35NO5. The molecule has 1 aromatic rings. The highest BCUT2D eigenvalue weighted by Crippen LogP contribution is 2.28. The summed E-state index contributed by atoms with van der Waals surface area (Å²) < 4.78 is 16.6. The van der Waals surface area contributed by atoms with E-state index >= 15 is 0 Å². The molecule has 0 unspecified atom stereocenters. The third-order valence-electron chi connectivity index (χ3n) is 4.45. The van der Waals surface area contributed by atoms with E-state index in [2.05, 4.69) is 19.2 Å². The largest absolute Gasteiger partial charge is 0.490 e. The van der Waals surface area contributed by atoms with Crippen LogP contribution in [0.2, 0.25) is 0 Å². The van der Waals surface area contributed by atoms with Crippen LogP contribution in [0, 0.1) is 5.92 Å². The summed E-state index contributed by atoms with van der Waals surface area (Å²) in [6.07, 6.45) is 2.19. The van der Waals surface area contributed by atoms with E-state index in [0.29, 0.717) is 30.4 Å². The van der Waals surface area contributed by atoms with Crippen molar-refractivity contribution < 1.29 is 23.8 Å². The first-order chi connectivity index (χ1) is 13.2. The van der Waals surface area contributed by atoms with Crippen molar-refractivity contribution in [1.82, 2.24) is 0 Å². The number of hydrogen-bond acceptors (Lipinski definition) is 5. The fraction of sp³-hybridized carbons (Fsp3) is 0.636. The van der Waals surface area contributed by atoms with Crippen LogP contribution in [0.5, 0.6) is 5.75 Å². The molecule has 1 aromatic carbocycles. The highest BCUT2D eigenvalue weighted by Gasteiger charge is 2.35. The molecule has 6 heteroatoms. The van der Waals surface area contributed by atoms with Gasteiger partial charge in [0, 0.05) is 12.3 Å². The van der Waals surface area contributed by atoms with Gasteiger partial charge in [-0.3, -0.25) is 4.79 Å². The number of nitrogens with one attached hydrogen (secondary N) is 1. The van der Waals surface area contributed by atoms with Crippen LogP contribution in [-0.2, 0) is 14.3 Å². The van der Waals surface area contributed by atoms with E-state index < -0.39 is 11.6 Å². The van der Waals surface area contributed by atoms with E-state index in [-0.39, 0.29) is 17.6 Å². The highest BCUT2D eigenvalue weighted by molar-refractivity contribution is 5.99. The molecule has 0 spiro atoms. The number of carbonyl (C=O) groups is 2. The third kappa shape index (κ3) is 6.82. The number of methoxy groups -OCH3 is 1. The lowest BCUT2D eigenvalue weighted by atomic mass is 9.93. The Morgan fingerprint density at radius 1 is 1.18 bits per heavy atom. The van der Waals surface area contributed by atoms with Crippen molar-refractivity contribution in [3.05, 3.63) is 23.8 Å². The Kier molecular flexibility index (Phi) is 9.46. The van der Waals surface area contributed by atoms with Crippen molar-refractivity contribution in [2.75, 3.05) is 19.0 Å². The van der Waals surface area contributed by atoms with Gasteiger partial charge in [-0.2, -0.15) is 0 Å². The summed E-state index contributed by atoms with van der Waals surface area (Å²) in [6, 6.07) is 4.98. The summed E-state index contributed by atoms with van der Waals surface area (Å²) in [6.45, 7) is 12.4. The minimum absolute atomic E-state index is 0.0411. The fourth-order valence-electron chi connectivity index (χ4n) is 2.87. The van der Waals surface area contributed by atoms with Crippen molar-refractivity contribution in [2.45, 2.75) is 72.5 Å².